The van der Waals surface area contributed by atoms with Gasteiger partial charge in [-0.1, -0.05) is 55.6 Å². The number of carbonyl (C=O) groups excluding carboxylic acids is 2. The Balaban J connectivity index is 1.74. The van der Waals surface area contributed by atoms with Crippen LogP contribution < -0.4 is 14.2 Å². The fraction of sp³-hybridized carbons (Fsp3) is 0.133. The van der Waals surface area contributed by atoms with Gasteiger partial charge in [-0.15, -0.1) is 0 Å². The van der Waals surface area contributed by atoms with Gasteiger partial charge >= 0.3 is 11.9 Å². The van der Waals surface area contributed by atoms with Gasteiger partial charge in [0, 0.05) is 33.7 Å². The molecule has 0 aliphatic heterocycles. The van der Waals surface area contributed by atoms with Crippen molar-refractivity contribution in [3.63, 3.8) is 0 Å². The lowest BCUT2D eigenvalue weighted by Crippen LogP contribution is -2.12. The second-order valence-electron chi connectivity index (χ2n) is 7.77. The summed E-state index contributed by atoms with van der Waals surface area (Å²) in [6, 6.07) is 22.7. The highest BCUT2D eigenvalue weighted by Gasteiger charge is 2.17. The maximum Gasteiger partial charge on any atom is 0.330 e. The predicted molar refractivity (Wildman–Crippen MR) is 141 cm³/mol. The zero-order valence-electron chi connectivity index (χ0n) is 20.2. The Labute approximate surface area is 214 Å². The van der Waals surface area contributed by atoms with Crippen LogP contribution in [0.5, 0.6) is 23.0 Å². The van der Waals surface area contributed by atoms with Gasteiger partial charge in [-0.2, -0.15) is 0 Å². The SMILES string of the molecule is C=CC(=O)OCCOc1c2ccccc2c(OCCOC(=O)C=C)c2cc(Oc3ccccc3)ccc12. The van der Waals surface area contributed by atoms with Gasteiger partial charge in [0.25, 0.3) is 0 Å². The molecule has 0 aromatic heterocycles. The molecule has 0 bridgehead atoms. The van der Waals surface area contributed by atoms with E-state index in [1.54, 1.807) is 0 Å². The lowest BCUT2D eigenvalue weighted by atomic mass is 10.00. The molecule has 188 valence electrons. The highest BCUT2D eigenvalue weighted by molar-refractivity contribution is 6.11. The normalized spacial score (nSPS) is 10.5. The van der Waals surface area contributed by atoms with Crippen LogP contribution in [-0.4, -0.2) is 38.4 Å². The minimum Gasteiger partial charge on any atom is -0.489 e. The van der Waals surface area contributed by atoms with Crippen molar-refractivity contribution in [3.8, 4) is 23.0 Å². The van der Waals surface area contributed by atoms with Crippen molar-refractivity contribution in [1.82, 2.24) is 0 Å². The van der Waals surface area contributed by atoms with E-state index >= 15 is 0 Å². The van der Waals surface area contributed by atoms with Gasteiger partial charge in [0.15, 0.2) is 0 Å². The number of esters is 2. The maximum absolute atomic E-state index is 11.4. The predicted octanol–water partition coefficient (Wildman–Crippen LogP) is 6.00. The summed E-state index contributed by atoms with van der Waals surface area (Å²) in [5, 5.41) is 3.16. The fourth-order valence-corrected chi connectivity index (χ4v) is 3.77. The van der Waals surface area contributed by atoms with Crippen molar-refractivity contribution in [1.29, 1.82) is 0 Å². The van der Waals surface area contributed by atoms with Crippen molar-refractivity contribution in [2.45, 2.75) is 0 Å². The van der Waals surface area contributed by atoms with E-state index < -0.39 is 11.9 Å². The molecule has 37 heavy (non-hydrogen) atoms. The first-order valence-electron chi connectivity index (χ1n) is 11.7. The molecular weight excluding hydrogens is 472 g/mol. The molecule has 0 N–H and O–H groups in total. The van der Waals surface area contributed by atoms with E-state index in [1.807, 2.05) is 72.8 Å². The van der Waals surface area contributed by atoms with E-state index in [1.165, 1.54) is 0 Å². The molecule has 0 fully saturated rings. The minimum absolute atomic E-state index is 0.0633. The molecule has 4 aromatic rings. The molecule has 0 aliphatic rings. The molecule has 0 atom stereocenters. The Morgan fingerprint density at radius 1 is 0.595 bits per heavy atom. The van der Waals surface area contributed by atoms with Crippen LogP contribution in [0.4, 0.5) is 0 Å². The molecule has 0 saturated heterocycles. The Hall–Kier alpha value is -4.78. The molecule has 0 unspecified atom stereocenters. The van der Waals surface area contributed by atoms with Gasteiger partial charge in [-0.3, -0.25) is 0 Å². The summed E-state index contributed by atoms with van der Waals surface area (Å²) in [4.78, 5) is 22.8. The van der Waals surface area contributed by atoms with Crippen molar-refractivity contribution < 1.29 is 33.3 Å². The quantitative estimate of drug-likeness (QED) is 0.103. The molecule has 0 heterocycles. The molecule has 0 saturated carbocycles. The summed E-state index contributed by atoms with van der Waals surface area (Å²) in [5.74, 6) is 1.51. The molecule has 0 aliphatic carbocycles. The lowest BCUT2D eigenvalue weighted by Gasteiger charge is -2.18. The largest absolute Gasteiger partial charge is 0.489 e. The van der Waals surface area contributed by atoms with Gasteiger partial charge in [0.1, 0.15) is 49.4 Å². The smallest absolute Gasteiger partial charge is 0.330 e. The van der Waals surface area contributed by atoms with Gasteiger partial charge in [-0.25, -0.2) is 9.59 Å². The third kappa shape index (κ3) is 6.27. The lowest BCUT2D eigenvalue weighted by molar-refractivity contribution is -0.139. The summed E-state index contributed by atoms with van der Waals surface area (Å²) in [6.07, 6.45) is 2.22. The zero-order chi connectivity index (χ0) is 26.0. The van der Waals surface area contributed by atoms with E-state index in [-0.39, 0.29) is 26.4 Å². The number of hydrogen-bond acceptors (Lipinski definition) is 7. The number of rotatable bonds is 12. The van der Waals surface area contributed by atoms with Crippen LogP contribution in [0.1, 0.15) is 0 Å². The van der Waals surface area contributed by atoms with Crippen LogP contribution in [0.15, 0.2) is 98.1 Å². The fourth-order valence-electron chi connectivity index (χ4n) is 3.77. The number of fused-ring (bicyclic) bond motifs is 2. The topological polar surface area (TPSA) is 80.3 Å². The van der Waals surface area contributed by atoms with Crippen LogP contribution in [0.2, 0.25) is 0 Å². The van der Waals surface area contributed by atoms with Crippen molar-refractivity contribution in [2.24, 2.45) is 0 Å². The van der Waals surface area contributed by atoms with Crippen LogP contribution in [-0.2, 0) is 19.1 Å². The monoisotopic (exact) mass is 498 g/mol. The van der Waals surface area contributed by atoms with E-state index in [4.69, 9.17) is 23.7 Å². The van der Waals surface area contributed by atoms with E-state index in [0.717, 1.165) is 33.7 Å². The standard InChI is InChI=1S/C30H26O7/c1-3-27(31)33-16-18-35-29-23-12-8-9-13-24(23)30(36-19-17-34-28(32)4-2)26-20-22(14-15-25(26)29)37-21-10-6-5-7-11-21/h3-15,20H,1-2,16-19H2. The number of hydrogen-bond donors (Lipinski definition) is 0. The van der Waals surface area contributed by atoms with Gasteiger partial charge in [0.2, 0.25) is 0 Å². The van der Waals surface area contributed by atoms with E-state index in [2.05, 4.69) is 13.2 Å². The Morgan fingerprint density at radius 2 is 1.11 bits per heavy atom. The first kappa shape index (κ1) is 25.3. The van der Waals surface area contributed by atoms with Crippen molar-refractivity contribution in [2.75, 3.05) is 26.4 Å². The van der Waals surface area contributed by atoms with Crippen LogP contribution in [0, 0.1) is 0 Å². The summed E-state index contributed by atoms with van der Waals surface area (Å²) in [6.45, 7) is 7.23. The summed E-state index contributed by atoms with van der Waals surface area (Å²) in [7, 11) is 0. The molecule has 0 radical (unpaired) electrons. The molecule has 0 spiro atoms. The first-order chi connectivity index (χ1) is 18.1. The average Bonchev–Trinajstić information content (AvgIpc) is 2.94. The van der Waals surface area contributed by atoms with Crippen LogP contribution >= 0.6 is 0 Å². The second kappa shape index (κ2) is 12.3. The first-order valence-corrected chi connectivity index (χ1v) is 11.7. The number of para-hydroxylation sites is 1. The molecule has 7 heteroatoms. The number of benzene rings is 4. The maximum atomic E-state index is 11.4. The summed E-state index contributed by atoms with van der Waals surface area (Å²) in [5.41, 5.74) is 0. The zero-order valence-corrected chi connectivity index (χ0v) is 20.2. The second-order valence-corrected chi connectivity index (χ2v) is 7.77. The Kier molecular flexibility index (Phi) is 8.39. The molecule has 4 rings (SSSR count). The van der Waals surface area contributed by atoms with Crippen molar-refractivity contribution >= 4 is 33.5 Å². The number of carbonyl (C=O) groups is 2. The van der Waals surface area contributed by atoms with Crippen LogP contribution in [0.25, 0.3) is 21.5 Å². The average molecular weight is 499 g/mol. The van der Waals surface area contributed by atoms with Gasteiger partial charge < -0.3 is 23.7 Å². The van der Waals surface area contributed by atoms with Crippen LogP contribution in [0.3, 0.4) is 0 Å². The minimum atomic E-state index is -0.516. The molecule has 7 nitrogen and oxygen atoms in total. The summed E-state index contributed by atoms with van der Waals surface area (Å²) < 4.78 is 28.5. The Morgan fingerprint density at radius 3 is 1.68 bits per heavy atom. The molecular formula is C30H26O7. The number of ether oxygens (including phenoxy) is 5. The van der Waals surface area contributed by atoms with Crippen molar-refractivity contribution in [3.05, 3.63) is 98.1 Å². The third-order valence-electron chi connectivity index (χ3n) is 5.36. The van der Waals surface area contributed by atoms with E-state index in [0.29, 0.717) is 23.0 Å². The highest BCUT2D eigenvalue weighted by Crippen LogP contribution is 2.44. The molecule has 4 aromatic carbocycles. The third-order valence-corrected chi connectivity index (χ3v) is 5.36. The van der Waals surface area contributed by atoms with E-state index in [9.17, 15) is 9.59 Å². The van der Waals surface area contributed by atoms with Gasteiger partial charge in [-0.05, 0) is 30.3 Å². The Bertz CT molecular complexity index is 1430. The molecule has 0 amide bonds. The van der Waals surface area contributed by atoms with Gasteiger partial charge in [0.05, 0.1) is 0 Å². The summed E-state index contributed by atoms with van der Waals surface area (Å²) >= 11 is 0. The highest BCUT2D eigenvalue weighted by atomic mass is 16.6.